The first-order valence-electron chi connectivity index (χ1n) is 6.33. The van der Waals surface area contributed by atoms with Crippen LogP contribution >= 0.6 is 11.6 Å². The Labute approximate surface area is 101 Å². The van der Waals surface area contributed by atoms with Crippen molar-refractivity contribution in [3.63, 3.8) is 0 Å². The van der Waals surface area contributed by atoms with Gasteiger partial charge in [-0.3, -0.25) is 0 Å². The molecule has 0 aromatic rings. The molecule has 2 unspecified atom stereocenters. The van der Waals surface area contributed by atoms with E-state index in [9.17, 15) is 0 Å². The molecule has 0 heterocycles. The summed E-state index contributed by atoms with van der Waals surface area (Å²) in [7, 11) is 0. The molecule has 0 radical (unpaired) electrons. The van der Waals surface area contributed by atoms with Gasteiger partial charge in [-0.05, 0) is 39.7 Å². The first kappa shape index (κ1) is 15.2. The van der Waals surface area contributed by atoms with Crippen molar-refractivity contribution in [2.24, 2.45) is 5.92 Å². The van der Waals surface area contributed by atoms with Gasteiger partial charge in [0.15, 0.2) is 0 Å². The molecular weight excluding hydrogens is 206 g/mol. The van der Waals surface area contributed by atoms with Gasteiger partial charge in [0.1, 0.15) is 0 Å². The number of rotatable bonds is 8. The van der Waals surface area contributed by atoms with E-state index in [1.807, 2.05) is 0 Å². The van der Waals surface area contributed by atoms with Gasteiger partial charge in [-0.1, -0.05) is 33.1 Å². The molecule has 0 aliphatic rings. The smallest absolute Gasteiger partial charge is 0.0484 e. The standard InChI is InChI=1S/C13H28ClN/c1-6-8-9-12(7-2)10-15-13(4,5)11(3)14/h11-12,15H,6-10H2,1-5H3. The molecule has 0 aromatic carbocycles. The maximum absolute atomic E-state index is 6.14. The molecule has 1 N–H and O–H groups in total. The maximum atomic E-state index is 6.14. The van der Waals surface area contributed by atoms with Gasteiger partial charge in [-0.2, -0.15) is 0 Å². The number of alkyl halides is 1. The molecule has 0 bridgehead atoms. The van der Waals surface area contributed by atoms with Crippen LogP contribution < -0.4 is 5.32 Å². The van der Waals surface area contributed by atoms with Gasteiger partial charge >= 0.3 is 0 Å². The molecule has 0 rings (SSSR count). The van der Waals surface area contributed by atoms with Gasteiger partial charge in [0.25, 0.3) is 0 Å². The number of hydrogen-bond acceptors (Lipinski definition) is 1. The van der Waals surface area contributed by atoms with E-state index in [1.165, 1.54) is 25.7 Å². The lowest BCUT2D eigenvalue weighted by Crippen LogP contribution is -2.47. The van der Waals surface area contributed by atoms with Crippen LogP contribution in [0.4, 0.5) is 0 Å². The molecule has 2 heteroatoms. The lowest BCUT2D eigenvalue weighted by Gasteiger charge is -2.31. The molecule has 0 aromatic heterocycles. The molecular formula is C13H28ClN. The third-order valence-electron chi connectivity index (χ3n) is 3.38. The minimum absolute atomic E-state index is 0.0428. The lowest BCUT2D eigenvalue weighted by atomic mass is 9.96. The predicted molar refractivity (Wildman–Crippen MR) is 70.7 cm³/mol. The minimum Gasteiger partial charge on any atom is -0.310 e. The molecule has 0 amide bonds. The molecule has 2 atom stereocenters. The van der Waals surface area contributed by atoms with Crippen LogP contribution in [0.3, 0.4) is 0 Å². The molecule has 0 saturated heterocycles. The zero-order valence-electron chi connectivity index (χ0n) is 11.1. The Hall–Kier alpha value is 0.250. The Bertz CT molecular complexity index is 155. The third kappa shape index (κ3) is 6.42. The predicted octanol–water partition coefficient (Wildman–Crippen LogP) is 4.20. The summed E-state index contributed by atoms with van der Waals surface area (Å²) in [6.07, 6.45) is 5.25. The summed E-state index contributed by atoms with van der Waals surface area (Å²) in [5.74, 6) is 0.805. The normalized spacial score (nSPS) is 16.4. The van der Waals surface area contributed by atoms with Crippen LogP contribution in [0.25, 0.3) is 0 Å². The highest BCUT2D eigenvalue weighted by Crippen LogP contribution is 2.17. The third-order valence-corrected chi connectivity index (χ3v) is 3.93. The fourth-order valence-electron chi connectivity index (χ4n) is 1.49. The first-order chi connectivity index (χ1) is 6.94. The fourth-order valence-corrected chi connectivity index (χ4v) is 1.57. The lowest BCUT2D eigenvalue weighted by molar-refractivity contribution is 0.324. The van der Waals surface area contributed by atoms with E-state index in [4.69, 9.17) is 11.6 Å². The van der Waals surface area contributed by atoms with E-state index in [2.05, 4.69) is 39.9 Å². The summed E-state index contributed by atoms with van der Waals surface area (Å²) >= 11 is 6.14. The first-order valence-corrected chi connectivity index (χ1v) is 6.76. The second kappa shape index (κ2) is 7.51. The summed E-state index contributed by atoms with van der Waals surface area (Å²) in [5.41, 5.74) is 0.0428. The van der Waals surface area contributed by atoms with Crippen LogP contribution in [0, 0.1) is 5.92 Å². The summed E-state index contributed by atoms with van der Waals surface area (Å²) in [6.45, 7) is 12.0. The number of hydrogen-bond donors (Lipinski definition) is 1. The average Bonchev–Trinajstić information content (AvgIpc) is 2.18. The SMILES string of the molecule is CCCCC(CC)CNC(C)(C)C(C)Cl. The van der Waals surface area contributed by atoms with Crippen LogP contribution in [0.1, 0.15) is 60.3 Å². The van der Waals surface area contributed by atoms with E-state index in [1.54, 1.807) is 0 Å². The maximum Gasteiger partial charge on any atom is 0.0484 e. The van der Waals surface area contributed by atoms with Gasteiger partial charge in [0.05, 0.1) is 0 Å². The molecule has 92 valence electrons. The van der Waals surface area contributed by atoms with Crippen molar-refractivity contribution < 1.29 is 0 Å². The van der Waals surface area contributed by atoms with Crippen molar-refractivity contribution in [3.8, 4) is 0 Å². The highest BCUT2D eigenvalue weighted by molar-refractivity contribution is 6.21. The second-order valence-electron chi connectivity index (χ2n) is 5.14. The summed E-state index contributed by atoms with van der Waals surface area (Å²) in [4.78, 5) is 0. The van der Waals surface area contributed by atoms with Crippen LogP contribution in [0.15, 0.2) is 0 Å². The van der Waals surface area contributed by atoms with E-state index >= 15 is 0 Å². The van der Waals surface area contributed by atoms with Crippen LogP contribution in [0.5, 0.6) is 0 Å². The van der Waals surface area contributed by atoms with Gasteiger partial charge < -0.3 is 5.32 Å². The van der Waals surface area contributed by atoms with Crippen molar-refractivity contribution in [1.82, 2.24) is 5.32 Å². The fraction of sp³-hybridized carbons (Fsp3) is 1.00. The average molecular weight is 234 g/mol. The minimum atomic E-state index is 0.0428. The van der Waals surface area contributed by atoms with Crippen LogP contribution in [-0.4, -0.2) is 17.5 Å². The highest BCUT2D eigenvalue weighted by Gasteiger charge is 2.23. The number of nitrogens with one attached hydrogen (secondary N) is 1. The summed E-state index contributed by atoms with van der Waals surface area (Å²) in [5, 5.41) is 3.75. The molecule has 0 aliphatic carbocycles. The topological polar surface area (TPSA) is 12.0 Å². The largest absolute Gasteiger partial charge is 0.310 e. The van der Waals surface area contributed by atoms with Crippen molar-refractivity contribution in [2.45, 2.75) is 71.2 Å². The summed E-state index contributed by atoms with van der Waals surface area (Å²) < 4.78 is 0. The van der Waals surface area contributed by atoms with Crippen LogP contribution in [0.2, 0.25) is 0 Å². The van der Waals surface area contributed by atoms with Crippen molar-refractivity contribution in [3.05, 3.63) is 0 Å². The summed E-state index contributed by atoms with van der Waals surface area (Å²) in [6, 6.07) is 0. The van der Waals surface area contributed by atoms with Crippen LogP contribution in [-0.2, 0) is 0 Å². The second-order valence-corrected chi connectivity index (χ2v) is 5.79. The monoisotopic (exact) mass is 233 g/mol. The van der Waals surface area contributed by atoms with Crippen molar-refractivity contribution in [2.75, 3.05) is 6.54 Å². The Balaban J connectivity index is 3.88. The number of halogens is 1. The van der Waals surface area contributed by atoms with E-state index in [-0.39, 0.29) is 10.9 Å². The zero-order valence-corrected chi connectivity index (χ0v) is 11.8. The Morgan fingerprint density at radius 3 is 2.27 bits per heavy atom. The zero-order chi connectivity index (χ0) is 11.9. The molecule has 0 aliphatic heterocycles. The van der Waals surface area contributed by atoms with Gasteiger partial charge in [0, 0.05) is 10.9 Å². The van der Waals surface area contributed by atoms with E-state index < -0.39 is 0 Å². The van der Waals surface area contributed by atoms with Crippen molar-refractivity contribution >= 4 is 11.6 Å². The Morgan fingerprint density at radius 1 is 1.27 bits per heavy atom. The van der Waals surface area contributed by atoms with Gasteiger partial charge in [-0.15, -0.1) is 11.6 Å². The Kier molecular flexibility index (Phi) is 7.64. The van der Waals surface area contributed by atoms with Crippen molar-refractivity contribution in [1.29, 1.82) is 0 Å². The van der Waals surface area contributed by atoms with Gasteiger partial charge in [-0.25, -0.2) is 0 Å². The van der Waals surface area contributed by atoms with Gasteiger partial charge in [0.2, 0.25) is 0 Å². The molecule has 15 heavy (non-hydrogen) atoms. The quantitative estimate of drug-likeness (QED) is 0.620. The molecule has 0 saturated carbocycles. The molecule has 0 fully saturated rings. The molecule has 1 nitrogen and oxygen atoms in total. The molecule has 0 spiro atoms. The number of unbranched alkanes of at least 4 members (excludes halogenated alkanes) is 1. The van der Waals surface area contributed by atoms with E-state index in [0.29, 0.717) is 0 Å². The Morgan fingerprint density at radius 2 is 1.87 bits per heavy atom. The van der Waals surface area contributed by atoms with E-state index in [0.717, 1.165) is 12.5 Å². The highest BCUT2D eigenvalue weighted by atomic mass is 35.5.